The molecule has 0 spiro atoms. The summed E-state index contributed by atoms with van der Waals surface area (Å²) < 4.78 is 1.88. The van der Waals surface area contributed by atoms with E-state index in [2.05, 4.69) is 33.2 Å². The van der Waals surface area contributed by atoms with Gasteiger partial charge in [-0.3, -0.25) is 9.48 Å². The standard InChI is InChI=1S/C20H25ClN6O/c1-11-19(12(2)27(3)26-11)17-9-18(25-24-17)20(28)22-7-6-13-10-23-16-5-4-14(21)8-15(13)16/h4-5,8,10,17-18,23-25H,6-7,9H2,1-3H3,(H,22,28). The Kier molecular flexibility index (Phi) is 5.14. The van der Waals surface area contributed by atoms with Gasteiger partial charge < -0.3 is 10.3 Å². The van der Waals surface area contributed by atoms with Crippen LogP contribution in [0.3, 0.4) is 0 Å². The highest BCUT2D eigenvalue weighted by Gasteiger charge is 2.32. The van der Waals surface area contributed by atoms with Crippen LogP contribution >= 0.6 is 11.6 Å². The van der Waals surface area contributed by atoms with Gasteiger partial charge in [-0.05, 0) is 50.5 Å². The Hall–Kier alpha value is -2.35. The van der Waals surface area contributed by atoms with Gasteiger partial charge in [0.2, 0.25) is 5.91 Å². The Morgan fingerprint density at radius 2 is 2.18 bits per heavy atom. The number of hydrogen-bond acceptors (Lipinski definition) is 4. The average molecular weight is 401 g/mol. The molecule has 1 aliphatic rings. The Morgan fingerprint density at radius 3 is 2.93 bits per heavy atom. The van der Waals surface area contributed by atoms with Crippen LogP contribution in [-0.4, -0.2) is 33.3 Å². The minimum absolute atomic E-state index is 0.00655. The number of rotatable bonds is 5. The van der Waals surface area contributed by atoms with Crippen LogP contribution in [0.25, 0.3) is 10.9 Å². The molecule has 2 unspecified atom stereocenters. The number of benzene rings is 1. The summed E-state index contributed by atoms with van der Waals surface area (Å²) in [6.07, 6.45) is 3.42. The molecule has 8 heteroatoms. The molecule has 0 radical (unpaired) electrons. The van der Waals surface area contributed by atoms with Crippen molar-refractivity contribution in [3.8, 4) is 0 Å². The van der Waals surface area contributed by atoms with Gasteiger partial charge in [0.05, 0.1) is 11.7 Å². The highest BCUT2D eigenvalue weighted by molar-refractivity contribution is 6.31. The van der Waals surface area contributed by atoms with Gasteiger partial charge in [0.25, 0.3) is 0 Å². The minimum Gasteiger partial charge on any atom is -0.361 e. The maximum Gasteiger partial charge on any atom is 0.238 e. The van der Waals surface area contributed by atoms with Gasteiger partial charge in [0.1, 0.15) is 6.04 Å². The highest BCUT2D eigenvalue weighted by atomic mass is 35.5. The molecule has 3 heterocycles. The second-order valence-corrected chi connectivity index (χ2v) is 7.82. The molecule has 3 aromatic rings. The van der Waals surface area contributed by atoms with Crippen molar-refractivity contribution in [1.82, 2.24) is 30.9 Å². The molecule has 28 heavy (non-hydrogen) atoms. The van der Waals surface area contributed by atoms with Crippen LogP contribution in [0, 0.1) is 13.8 Å². The molecule has 1 amide bonds. The zero-order valence-electron chi connectivity index (χ0n) is 16.3. The number of nitrogens with zero attached hydrogens (tertiary/aromatic N) is 2. The van der Waals surface area contributed by atoms with Gasteiger partial charge in [0.15, 0.2) is 0 Å². The SMILES string of the molecule is Cc1nn(C)c(C)c1C1CC(C(=O)NCCc2c[nH]c3ccc(Cl)cc23)NN1. The topological polar surface area (TPSA) is 86.8 Å². The van der Waals surface area contributed by atoms with Crippen molar-refractivity contribution in [3.05, 3.63) is 51.9 Å². The van der Waals surface area contributed by atoms with Crippen molar-refractivity contribution in [2.45, 2.75) is 38.8 Å². The van der Waals surface area contributed by atoms with Crippen molar-refractivity contribution in [3.63, 3.8) is 0 Å². The fourth-order valence-corrected chi connectivity index (χ4v) is 4.18. The number of aromatic nitrogens is 3. The third-order valence-corrected chi connectivity index (χ3v) is 5.79. The lowest BCUT2D eigenvalue weighted by atomic mass is 10.00. The minimum atomic E-state index is -0.263. The van der Waals surface area contributed by atoms with Crippen LogP contribution in [0.4, 0.5) is 0 Å². The summed E-state index contributed by atoms with van der Waals surface area (Å²) in [7, 11) is 1.94. The van der Waals surface area contributed by atoms with E-state index in [9.17, 15) is 4.79 Å². The molecule has 7 nitrogen and oxygen atoms in total. The number of aromatic amines is 1. The molecule has 0 saturated carbocycles. The molecule has 2 aromatic heterocycles. The zero-order chi connectivity index (χ0) is 19.8. The maximum atomic E-state index is 12.6. The van der Waals surface area contributed by atoms with E-state index >= 15 is 0 Å². The van der Waals surface area contributed by atoms with Gasteiger partial charge in [-0.15, -0.1) is 0 Å². The zero-order valence-corrected chi connectivity index (χ0v) is 17.0. The second-order valence-electron chi connectivity index (χ2n) is 7.38. The number of halogens is 1. The number of aryl methyl sites for hydroxylation is 2. The van der Waals surface area contributed by atoms with Crippen LogP contribution in [0.2, 0.25) is 5.02 Å². The number of carbonyl (C=O) groups is 1. The van der Waals surface area contributed by atoms with E-state index in [0.717, 1.165) is 34.3 Å². The molecule has 1 aliphatic heterocycles. The van der Waals surface area contributed by atoms with E-state index in [1.54, 1.807) is 0 Å². The number of H-pyrrole nitrogens is 1. The van der Waals surface area contributed by atoms with Gasteiger partial charge >= 0.3 is 0 Å². The largest absolute Gasteiger partial charge is 0.361 e. The lowest BCUT2D eigenvalue weighted by Crippen LogP contribution is -2.43. The van der Waals surface area contributed by atoms with Gasteiger partial charge in [-0.1, -0.05) is 11.6 Å². The van der Waals surface area contributed by atoms with Crippen LogP contribution in [-0.2, 0) is 18.3 Å². The first-order valence-corrected chi connectivity index (χ1v) is 9.86. The molecule has 0 bridgehead atoms. The maximum absolute atomic E-state index is 12.6. The smallest absolute Gasteiger partial charge is 0.238 e. The Morgan fingerprint density at radius 1 is 1.36 bits per heavy atom. The third kappa shape index (κ3) is 3.53. The predicted molar refractivity (Wildman–Crippen MR) is 110 cm³/mol. The fraction of sp³-hybridized carbons (Fsp3) is 0.400. The lowest BCUT2D eigenvalue weighted by molar-refractivity contribution is -0.122. The molecule has 1 fully saturated rings. The number of carbonyl (C=O) groups excluding carboxylic acids is 1. The number of hydrogen-bond donors (Lipinski definition) is 4. The second kappa shape index (κ2) is 7.58. The van der Waals surface area contributed by atoms with Crippen molar-refractivity contribution < 1.29 is 4.79 Å². The van der Waals surface area contributed by atoms with Crippen LogP contribution < -0.4 is 16.2 Å². The molecule has 1 saturated heterocycles. The number of fused-ring (bicyclic) bond motifs is 1. The number of nitrogens with one attached hydrogen (secondary N) is 4. The van der Waals surface area contributed by atoms with Crippen LogP contribution in [0.1, 0.15) is 35.0 Å². The van der Waals surface area contributed by atoms with E-state index < -0.39 is 0 Å². The quantitative estimate of drug-likeness (QED) is 0.530. The van der Waals surface area contributed by atoms with Crippen molar-refractivity contribution in [1.29, 1.82) is 0 Å². The molecule has 4 N–H and O–H groups in total. The van der Waals surface area contributed by atoms with Crippen LogP contribution in [0.15, 0.2) is 24.4 Å². The first kappa shape index (κ1) is 19.0. The molecular formula is C20H25ClN6O. The summed E-state index contributed by atoms with van der Waals surface area (Å²) in [6.45, 7) is 4.63. The van der Waals surface area contributed by atoms with Gasteiger partial charge in [-0.25, -0.2) is 10.9 Å². The summed E-state index contributed by atoms with van der Waals surface area (Å²) >= 11 is 6.10. The monoisotopic (exact) mass is 400 g/mol. The highest BCUT2D eigenvalue weighted by Crippen LogP contribution is 2.27. The number of hydrazine groups is 1. The molecule has 4 rings (SSSR count). The summed E-state index contributed by atoms with van der Waals surface area (Å²) in [5.41, 5.74) is 11.9. The molecule has 0 aliphatic carbocycles. The Balaban J connectivity index is 1.34. The normalized spacial score (nSPS) is 19.4. The van der Waals surface area contributed by atoms with Gasteiger partial charge in [0, 0.05) is 47.0 Å². The summed E-state index contributed by atoms with van der Waals surface area (Å²) in [5.74, 6) is 0.00655. The van der Waals surface area contributed by atoms with E-state index in [-0.39, 0.29) is 18.0 Å². The van der Waals surface area contributed by atoms with E-state index in [1.807, 2.05) is 43.0 Å². The average Bonchev–Trinajstić information content (AvgIpc) is 3.34. The lowest BCUT2D eigenvalue weighted by Gasteiger charge is -2.11. The van der Waals surface area contributed by atoms with E-state index in [1.165, 1.54) is 5.56 Å². The van der Waals surface area contributed by atoms with Crippen molar-refractivity contribution in [2.75, 3.05) is 6.54 Å². The third-order valence-electron chi connectivity index (χ3n) is 5.56. The van der Waals surface area contributed by atoms with Crippen LogP contribution in [0.5, 0.6) is 0 Å². The summed E-state index contributed by atoms with van der Waals surface area (Å²) in [4.78, 5) is 15.8. The van der Waals surface area contributed by atoms with Gasteiger partial charge in [-0.2, -0.15) is 5.10 Å². The number of amides is 1. The van der Waals surface area contributed by atoms with Crippen molar-refractivity contribution >= 4 is 28.4 Å². The summed E-state index contributed by atoms with van der Waals surface area (Å²) in [5, 5.41) is 9.33. The molecule has 148 valence electrons. The summed E-state index contributed by atoms with van der Waals surface area (Å²) in [6, 6.07) is 5.61. The Labute approximate surface area is 168 Å². The first-order chi connectivity index (χ1) is 13.4. The van der Waals surface area contributed by atoms with E-state index in [0.29, 0.717) is 18.0 Å². The molecular weight excluding hydrogens is 376 g/mol. The molecule has 2 atom stereocenters. The fourth-order valence-electron chi connectivity index (χ4n) is 4.01. The first-order valence-electron chi connectivity index (χ1n) is 9.48. The van der Waals surface area contributed by atoms with Crippen molar-refractivity contribution in [2.24, 2.45) is 7.05 Å². The predicted octanol–water partition coefficient (Wildman–Crippen LogP) is 2.44. The Bertz CT molecular complexity index is 1020. The van der Waals surface area contributed by atoms with E-state index in [4.69, 9.17) is 11.6 Å². The molecule has 1 aromatic carbocycles.